The molecule has 6 atom stereocenters. The van der Waals surface area contributed by atoms with Crippen molar-refractivity contribution in [1.29, 1.82) is 0 Å². The number of aliphatic hydroxyl groups excluding tert-OH is 1. The Kier molecular flexibility index (Phi) is 6.74. The number of phosphoric acid groups is 3. The lowest BCUT2D eigenvalue weighted by Gasteiger charge is -2.27. The van der Waals surface area contributed by atoms with Crippen LogP contribution < -0.4 is 11.3 Å². The third kappa shape index (κ3) is 5.44. The van der Waals surface area contributed by atoms with E-state index < -0.39 is 59.4 Å². The predicted molar refractivity (Wildman–Crippen MR) is 103 cm³/mol. The molecule has 192 valence electrons. The molecule has 3 unspecified atom stereocenters. The second kappa shape index (κ2) is 8.49. The van der Waals surface area contributed by atoms with Crippen LogP contribution in [0.15, 0.2) is 11.1 Å². The number of alkyl halides is 1. The lowest BCUT2D eigenvalue weighted by atomic mass is 9.95. The largest absolute Gasteiger partial charge is 0.490 e. The summed E-state index contributed by atoms with van der Waals surface area (Å²) >= 11 is 0. The zero-order valence-electron chi connectivity index (χ0n) is 16.5. The average Bonchev–Trinajstić information content (AvgIpc) is 3.11. The number of hydrogen-bond acceptors (Lipinski definition) is 13. The number of aromatic nitrogens is 4. The topological polar surface area (TPSA) is 299 Å². The highest BCUT2D eigenvalue weighted by Gasteiger charge is 2.64. The molecular formula is C11H17FN5O14P3. The summed E-state index contributed by atoms with van der Waals surface area (Å²) in [6, 6.07) is 0. The van der Waals surface area contributed by atoms with Gasteiger partial charge in [-0.15, -0.1) is 0 Å². The molecule has 0 amide bonds. The van der Waals surface area contributed by atoms with Crippen molar-refractivity contribution in [3.63, 3.8) is 0 Å². The first kappa shape index (κ1) is 27.0. The van der Waals surface area contributed by atoms with Gasteiger partial charge in [0.15, 0.2) is 17.4 Å². The molecular weight excluding hydrogens is 538 g/mol. The number of nitrogens with two attached hydrogens (primary N) is 1. The highest BCUT2D eigenvalue weighted by molar-refractivity contribution is 7.66. The number of imidazole rings is 1. The van der Waals surface area contributed by atoms with Gasteiger partial charge in [-0.05, 0) is 6.92 Å². The van der Waals surface area contributed by atoms with Gasteiger partial charge in [-0.2, -0.15) is 13.6 Å². The van der Waals surface area contributed by atoms with Gasteiger partial charge in [-0.1, -0.05) is 0 Å². The first-order chi connectivity index (χ1) is 15.3. The van der Waals surface area contributed by atoms with E-state index in [0.717, 1.165) is 17.8 Å². The number of phosphoric ester groups is 1. The summed E-state index contributed by atoms with van der Waals surface area (Å²) < 4.78 is 66.1. The van der Waals surface area contributed by atoms with E-state index in [2.05, 4.69) is 28.1 Å². The molecule has 3 heterocycles. The van der Waals surface area contributed by atoms with Crippen molar-refractivity contribution >= 4 is 40.6 Å². The number of H-pyrrole nitrogens is 1. The summed E-state index contributed by atoms with van der Waals surface area (Å²) in [5.41, 5.74) is 1.54. The van der Waals surface area contributed by atoms with Gasteiger partial charge in [0.2, 0.25) is 5.95 Å². The second-order valence-electron chi connectivity index (χ2n) is 7.02. The fourth-order valence-corrected chi connectivity index (χ4v) is 6.01. The average molecular weight is 555 g/mol. The lowest BCUT2D eigenvalue weighted by Crippen LogP contribution is -2.49. The van der Waals surface area contributed by atoms with E-state index in [1.54, 1.807) is 0 Å². The van der Waals surface area contributed by atoms with Crippen molar-refractivity contribution in [1.82, 2.24) is 19.5 Å². The summed E-state index contributed by atoms with van der Waals surface area (Å²) in [6.07, 6.45) is -3.50. The van der Waals surface area contributed by atoms with Gasteiger partial charge < -0.3 is 40.3 Å². The molecule has 34 heavy (non-hydrogen) atoms. The number of hydrogen-bond donors (Lipinski definition) is 8. The van der Waals surface area contributed by atoms with Crippen molar-refractivity contribution in [2.24, 2.45) is 0 Å². The van der Waals surface area contributed by atoms with Crippen LogP contribution in [0.5, 0.6) is 0 Å². The SMILES string of the molecule is C[C@]1(O)C(n2cnc3c(=O)[nH]c(N)nc32)O[C@](F)(COP(=O)(O)OP(=O)(O)OP(=O)(O)O)[C@H]1O. The minimum Gasteiger partial charge on any atom is -0.384 e. The Morgan fingerprint density at radius 2 is 1.88 bits per heavy atom. The number of aliphatic hydroxyl groups is 2. The van der Waals surface area contributed by atoms with Crippen LogP contribution in [0, 0.1) is 0 Å². The Balaban J connectivity index is 1.84. The molecule has 0 aromatic carbocycles. The van der Waals surface area contributed by atoms with Crippen molar-refractivity contribution in [2.75, 3.05) is 12.3 Å². The quantitative estimate of drug-likeness (QED) is 0.169. The van der Waals surface area contributed by atoms with Crippen LogP contribution in [0.3, 0.4) is 0 Å². The van der Waals surface area contributed by atoms with Crippen molar-refractivity contribution in [3.05, 3.63) is 16.7 Å². The summed E-state index contributed by atoms with van der Waals surface area (Å²) in [5.74, 6) is -3.88. The standard InChI is InChI=1S/C11H17FN5O14P3/c1-10(20)7(19)11(12,2-28-33(24,25)31-34(26,27)30-32(21,22)23)29-8(10)17-3-14-4-5(17)15-9(13)16-6(4)18/h3,7-8,19-20H,2H2,1H3,(H,24,25)(H,26,27)(H2,21,22,23)(H3,13,15,16,18)/t7-,8?,10+,11+/m0/s1. The normalized spacial score (nSPS) is 31.4. The minimum atomic E-state index is -5.89. The molecule has 0 aliphatic carbocycles. The summed E-state index contributed by atoms with van der Waals surface area (Å²) in [5, 5.41) is 20.9. The minimum absolute atomic E-state index is 0.295. The summed E-state index contributed by atoms with van der Waals surface area (Å²) in [7, 11) is -17.3. The third-order valence-corrected chi connectivity index (χ3v) is 8.10. The van der Waals surface area contributed by atoms with E-state index in [0.29, 0.717) is 0 Å². The number of nitrogen functional groups attached to an aromatic ring is 1. The van der Waals surface area contributed by atoms with Gasteiger partial charge in [0.1, 0.15) is 18.3 Å². The van der Waals surface area contributed by atoms with E-state index in [-0.39, 0.29) is 17.1 Å². The number of fused-ring (bicyclic) bond motifs is 1. The van der Waals surface area contributed by atoms with E-state index in [1.807, 2.05) is 0 Å². The van der Waals surface area contributed by atoms with Crippen LogP contribution in [0.2, 0.25) is 0 Å². The molecule has 2 aromatic rings. The fourth-order valence-electron chi connectivity index (χ4n) is 2.98. The van der Waals surface area contributed by atoms with Crippen LogP contribution in [-0.2, 0) is 31.6 Å². The molecule has 3 rings (SSSR count). The van der Waals surface area contributed by atoms with E-state index >= 15 is 4.39 Å². The predicted octanol–water partition coefficient (Wildman–Crippen LogP) is -1.65. The third-order valence-electron chi connectivity index (χ3n) is 4.31. The van der Waals surface area contributed by atoms with Crippen molar-refractivity contribution in [2.45, 2.75) is 30.7 Å². The molecule has 19 nitrogen and oxygen atoms in total. The number of ether oxygens (including phenoxy) is 1. The van der Waals surface area contributed by atoms with Crippen LogP contribution in [0.1, 0.15) is 13.2 Å². The molecule has 0 spiro atoms. The fraction of sp³-hybridized carbons (Fsp3) is 0.545. The second-order valence-corrected chi connectivity index (χ2v) is 11.4. The summed E-state index contributed by atoms with van der Waals surface area (Å²) in [6.45, 7) is -0.843. The van der Waals surface area contributed by atoms with Crippen molar-refractivity contribution in [3.8, 4) is 0 Å². The first-order valence-corrected chi connectivity index (χ1v) is 13.1. The lowest BCUT2D eigenvalue weighted by molar-refractivity contribution is -0.203. The molecule has 9 N–H and O–H groups in total. The number of nitrogens with zero attached hydrogens (tertiary/aromatic N) is 3. The van der Waals surface area contributed by atoms with Gasteiger partial charge in [0.05, 0.1) is 6.33 Å². The van der Waals surface area contributed by atoms with Crippen molar-refractivity contribution < 1.29 is 65.8 Å². The maximum Gasteiger partial charge on any atom is 0.490 e. The molecule has 0 bridgehead atoms. The molecule has 23 heteroatoms. The highest BCUT2D eigenvalue weighted by Crippen LogP contribution is 2.66. The summed E-state index contributed by atoms with van der Waals surface area (Å²) in [4.78, 5) is 57.2. The Hall–Kier alpha value is -1.63. The molecule has 1 aliphatic heterocycles. The van der Waals surface area contributed by atoms with E-state index in [4.69, 9.17) is 25.2 Å². The van der Waals surface area contributed by atoms with Gasteiger partial charge in [0, 0.05) is 0 Å². The van der Waals surface area contributed by atoms with Crippen LogP contribution in [0.25, 0.3) is 11.2 Å². The van der Waals surface area contributed by atoms with Gasteiger partial charge in [0.25, 0.3) is 11.4 Å². The van der Waals surface area contributed by atoms with Gasteiger partial charge in [-0.25, -0.2) is 23.1 Å². The van der Waals surface area contributed by atoms with Gasteiger partial charge in [-0.3, -0.25) is 18.9 Å². The van der Waals surface area contributed by atoms with Crippen LogP contribution in [-0.4, -0.2) is 73.5 Å². The first-order valence-electron chi connectivity index (χ1n) is 8.54. The Bertz CT molecular complexity index is 1310. The molecule has 0 saturated carbocycles. The molecule has 0 radical (unpaired) electrons. The zero-order valence-corrected chi connectivity index (χ0v) is 19.2. The van der Waals surface area contributed by atoms with Gasteiger partial charge >= 0.3 is 23.5 Å². The van der Waals surface area contributed by atoms with Crippen LogP contribution >= 0.6 is 23.5 Å². The molecule has 1 fully saturated rings. The number of nitrogens with one attached hydrogen (secondary N) is 1. The van der Waals surface area contributed by atoms with E-state index in [1.165, 1.54) is 0 Å². The number of anilines is 1. The number of rotatable bonds is 8. The number of aromatic amines is 1. The Morgan fingerprint density at radius 1 is 1.26 bits per heavy atom. The zero-order chi connectivity index (χ0) is 25.9. The molecule has 2 aromatic heterocycles. The Labute approximate surface area is 186 Å². The maximum absolute atomic E-state index is 15.4. The number of halogens is 1. The highest BCUT2D eigenvalue weighted by atomic mass is 31.3. The molecule has 1 aliphatic rings. The van der Waals surface area contributed by atoms with Crippen LogP contribution in [0.4, 0.5) is 10.3 Å². The Morgan fingerprint density at radius 3 is 2.47 bits per heavy atom. The van der Waals surface area contributed by atoms with E-state index in [9.17, 15) is 33.6 Å². The molecule has 1 saturated heterocycles. The monoisotopic (exact) mass is 555 g/mol. The maximum atomic E-state index is 15.4. The smallest absolute Gasteiger partial charge is 0.384 e.